The van der Waals surface area contributed by atoms with Crippen LogP contribution < -0.4 is 10.9 Å². The SMILES string of the molecule is Cc1ncc(NC(=O)c2ccnc(C(C)(C)C#N)c2)cc1-c1ccnc(B2OC(C)(C)C(C)(C)O2)c1. The van der Waals surface area contributed by atoms with Crippen molar-refractivity contribution >= 4 is 24.3 Å². The first-order valence-corrected chi connectivity index (χ1v) is 11.8. The van der Waals surface area contributed by atoms with Gasteiger partial charge in [-0.1, -0.05) is 0 Å². The minimum Gasteiger partial charge on any atom is -0.398 e. The second-order valence-corrected chi connectivity index (χ2v) is 10.5. The quantitative estimate of drug-likeness (QED) is 0.542. The van der Waals surface area contributed by atoms with Crippen molar-refractivity contribution in [2.45, 2.75) is 65.1 Å². The van der Waals surface area contributed by atoms with Crippen LogP contribution in [0.5, 0.6) is 0 Å². The van der Waals surface area contributed by atoms with E-state index in [1.165, 1.54) is 6.20 Å². The number of nitriles is 1. The van der Waals surface area contributed by atoms with Crippen molar-refractivity contribution in [3.05, 3.63) is 65.9 Å². The van der Waals surface area contributed by atoms with Crippen LogP contribution >= 0.6 is 0 Å². The number of amides is 1. The Morgan fingerprint density at radius 3 is 2.36 bits per heavy atom. The summed E-state index contributed by atoms with van der Waals surface area (Å²) in [7, 11) is -0.579. The molecule has 0 bridgehead atoms. The van der Waals surface area contributed by atoms with Crippen molar-refractivity contribution in [3.8, 4) is 17.2 Å². The van der Waals surface area contributed by atoms with Crippen molar-refractivity contribution in [1.29, 1.82) is 5.26 Å². The third-order valence-corrected chi connectivity index (χ3v) is 6.87. The van der Waals surface area contributed by atoms with E-state index in [4.69, 9.17) is 9.31 Å². The van der Waals surface area contributed by atoms with Crippen LogP contribution in [0.1, 0.15) is 63.3 Å². The number of carbonyl (C=O) groups is 1. The van der Waals surface area contributed by atoms with Gasteiger partial charge in [0.05, 0.1) is 45.9 Å². The number of pyridine rings is 3. The van der Waals surface area contributed by atoms with Gasteiger partial charge in [0, 0.05) is 29.2 Å². The molecule has 0 unspecified atom stereocenters. The highest BCUT2D eigenvalue weighted by Gasteiger charge is 2.52. The Morgan fingerprint density at radius 1 is 1.03 bits per heavy atom. The van der Waals surface area contributed by atoms with E-state index in [0.29, 0.717) is 22.5 Å². The molecule has 4 heterocycles. The summed E-state index contributed by atoms with van der Waals surface area (Å²) in [6, 6.07) is 11.2. The van der Waals surface area contributed by atoms with E-state index in [-0.39, 0.29) is 5.91 Å². The van der Waals surface area contributed by atoms with Crippen LogP contribution in [0.3, 0.4) is 0 Å². The third-order valence-electron chi connectivity index (χ3n) is 6.87. The molecule has 3 aromatic heterocycles. The van der Waals surface area contributed by atoms with Crippen molar-refractivity contribution in [2.24, 2.45) is 0 Å². The number of anilines is 1. The van der Waals surface area contributed by atoms with Gasteiger partial charge in [-0.15, -0.1) is 0 Å². The average molecular weight is 483 g/mol. The molecule has 0 aliphatic carbocycles. The lowest BCUT2D eigenvalue weighted by Crippen LogP contribution is -2.41. The van der Waals surface area contributed by atoms with Gasteiger partial charge in [0.15, 0.2) is 0 Å². The van der Waals surface area contributed by atoms with Crippen molar-refractivity contribution in [2.75, 3.05) is 5.32 Å². The Morgan fingerprint density at radius 2 is 1.69 bits per heavy atom. The van der Waals surface area contributed by atoms with Crippen LogP contribution in [0, 0.1) is 18.3 Å². The Labute approximate surface area is 212 Å². The molecule has 184 valence electrons. The van der Waals surface area contributed by atoms with E-state index in [1.54, 1.807) is 38.4 Å². The van der Waals surface area contributed by atoms with Gasteiger partial charge in [0.2, 0.25) is 0 Å². The molecular weight excluding hydrogens is 453 g/mol. The standard InChI is InChI=1S/C27H30BN5O3/c1-17-21(18-8-11-31-23(13-18)28-35-26(4,5)27(6,7)36-28)14-20(15-32-17)33-24(34)19-9-10-30-22(12-19)25(2,3)16-29/h8-15H,1-7H3,(H,33,34). The van der Waals surface area contributed by atoms with Crippen LogP contribution in [0.2, 0.25) is 0 Å². The van der Waals surface area contributed by atoms with E-state index in [2.05, 4.69) is 26.3 Å². The zero-order chi connectivity index (χ0) is 26.3. The van der Waals surface area contributed by atoms with E-state index in [1.807, 2.05) is 52.8 Å². The molecule has 1 amide bonds. The number of hydrogen-bond donors (Lipinski definition) is 1. The molecule has 0 spiro atoms. The fraction of sp³-hybridized carbons (Fsp3) is 0.370. The van der Waals surface area contributed by atoms with Crippen LogP contribution in [-0.2, 0) is 14.7 Å². The first-order chi connectivity index (χ1) is 16.8. The summed E-state index contributed by atoms with van der Waals surface area (Å²) < 4.78 is 12.3. The van der Waals surface area contributed by atoms with Crippen molar-refractivity contribution in [1.82, 2.24) is 15.0 Å². The number of nitrogens with zero attached hydrogens (tertiary/aromatic N) is 4. The summed E-state index contributed by atoms with van der Waals surface area (Å²) in [4.78, 5) is 26.2. The lowest BCUT2D eigenvalue weighted by molar-refractivity contribution is 0.00578. The minimum atomic E-state index is -0.800. The Bertz CT molecular complexity index is 1350. The molecule has 4 rings (SSSR count). The van der Waals surface area contributed by atoms with E-state index in [0.717, 1.165) is 16.8 Å². The molecular formula is C27H30BN5O3. The Hall–Kier alpha value is -3.61. The van der Waals surface area contributed by atoms with Gasteiger partial charge in [-0.2, -0.15) is 5.26 Å². The second kappa shape index (κ2) is 9.12. The molecule has 3 aromatic rings. The fourth-order valence-electron chi connectivity index (χ4n) is 3.78. The van der Waals surface area contributed by atoms with Gasteiger partial charge in [0.25, 0.3) is 5.91 Å². The number of carbonyl (C=O) groups excluding carboxylic acids is 1. The summed E-state index contributed by atoms with van der Waals surface area (Å²) in [6.45, 7) is 13.5. The van der Waals surface area contributed by atoms with E-state index < -0.39 is 23.7 Å². The van der Waals surface area contributed by atoms with E-state index in [9.17, 15) is 10.1 Å². The highest BCUT2D eigenvalue weighted by molar-refractivity contribution is 6.61. The molecule has 1 aliphatic rings. The van der Waals surface area contributed by atoms with Crippen LogP contribution in [0.15, 0.2) is 48.9 Å². The van der Waals surface area contributed by atoms with Gasteiger partial charge in [-0.25, -0.2) is 0 Å². The monoisotopic (exact) mass is 483 g/mol. The van der Waals surface area contributed by atoms with Gasteiger partial charge in [-0.05, 0) is 84.4 Å². The largest absolute Gasteiger partial charge is 0.514 e. The summed E-state index contributed by atoms with van der Waals surface area (Å²) in [6.07, 6.45) is 4.88. The number of aromatic nitrogens is 3. The zero-order valence-electron chi connectivity index (χ0n) is 21.7. The molecule has 1 fully saturated rings. The molecule has 0 saturated carbocycles. The van der Waals surface area contributed by atoms with Crippen molar-refractivity contribution in [3.63, 3.8) is 0 Å². The number of hydrogen-bond acceptors (Lipinski definition) is 7. The van der Waals surface area contributed by atoms with E-state index >= 15 is 0 Å². The lowest BCUT2D eigenvalue weighted by Gasteiger charge is -2.32. The van der Waals surface area contributed by atoms with Crippen LogP contribution in [0.4, 0.5) is 5.69 Å². The fourth-order valence-corrected chi connectivity index (χ4v) is 3.78. The third kappa shape index (κ3) is 4.88. The second-order valence-electron chi connectivity index (χ2n) is 10.5. The maximum atomic E-state index is 13.0. The molecule has 0 radical (unpaired) electrons. The highest BCUT2D eigenvalue weighted by atomic mass is 16.7. The number of nitrogens with one attached hydrogen (secondary N) is 1. The van der Waals surface area contributed by atoms with Crippen LogP contribution in [0.25, 0.3) is 11.1 Å². The molecule has 0 aromatic carbocycles. The molecule has 1 N–H and O–H groups in total. The maximum Gasteiger partial charge on any atom is 0.514 e. The first kappa shape index (κ1) is 25.5. The summed E-state index contributed by atoms with van der Waals surface area (Å²) in [5.41, 5.74) is 2.98. The van der Waals surface area contributed by atoms with Crippen molar-refractivity contribution < 1.29 is 14.1 Å². The number of rotatable bonds is 5. The van der Waals surface area contributed by atoms with Crippen LogP contribution in [-0.4, -0.2) is 39.2 Å². The predicted molar refractivity (Wildman–Crippen MR) is 139 cm³/mol. The lowest BCUT2D eigenvalue weighted by atomic mass is 9.83. The van der Waals surface area contributed by atoms with Gasteiger partial charge in [0.1, 0.15) is 0 Å². The Kier molecular flexibility index (Phi) is 6.46. The molecule has 9 heteroatoms. The van der Waals surface area contributed by atoms with Gasteiger partial charge < -0.3 is 14.6 Å². The average Bonchev–Trinajstić information content (AvgIpc) is 3.07. The minimum absolute atomic E-state index is 0.309. The predicted octanol–water partition coefficient (Wildman–Crippen LogP) is 4.20. The van der Waals surface area contributed by atoms with Gasteiger partial charge in [-0.3, -0.25) is 19.7 Å². The zero-order valence-corrected chi connectivity index (χ0v) is 21.7. The topological polar surface area (TPSA) is 110 Å². The summed E-state index contributed by atoms with van der Waals surface area (Å²) in [5, 5.41) is 12.3. The molecule has 1 saturated heterocycles. The Balaban J connectivity index is 1.59. The number of aryl methyl sites for hydroxylation is 1. The van der Waals surface area contributed by atoms with Gasteiger partial charge >= 0.3 is 7.12 Å². The smallest absolute Gasteiger partial charge is 0.398 e. The maximum absolute atomic E-state index is 13.0. The normalized spacial score (nSPS) is 16.4. The molecule has 0 atom stereocenters. The molecule has 8 nitrogen and oxygen atoms in total. The first-order valence-electron chi connectivity index (χ1n) is 11.8. The molecule has 36 heavy (non-hydrogen) atoms. The molecule has 1 aliphatic heterocycles. The summed E-state index contributed by atoms with van der Waals surface area (Å²) >= 11 is 0. The highest BCUT2D eigenvalue weighted by Crippen LogP contribution is 2.36. The summed E-state index contributed by atoms with van der Waals surface area (Å²) in [5.74, 6) is -0.309.